The number of nitrogens with zero attached hydrogens (tertiary/aromatic N) is 2. The fourth-order valence-electron chi connectivity index (χ4n) is 1.79. The van der Waals surface area contributed by atoms with Crippen molar-refractivity contribution in [1.29, 1.82) is 0 Å². The Labute approximate surface area is 134 Å². The molecule has 0 unspecified atom stereocenters. The Bertz CT molecular complexity index is 644. The summed E-state index contributed by atoms with van der Waals surface area (Å²) in [6.45, 7) is 0.0296. The standard InChI is InChI=1S/C16H18N4O3/c1-17-15(21)11-23-16(22)18-8-7-14-19-9-13(10-20-14)12-5-3-2-4-6-12/h2-6,9-10H,7-8,11H2,1H3,(H,17,21)(H,18,22). The number of rotatable bonds is 6. The topological polar surface area (TPSA) is 93.2 Å². The molecule has 120 valence electrons. The molecule has 0 radical (unpaired) electrons. The van der Waals surface area contributed by atoms with Crippen LogP contribution >= 0.6 is 0 Å². The van der Waals surface area contributed by atoms with Crippen LogP contribution in [0, 0.1) is 0 Å². The van der Waals surface area contributed by atoms with Crippen LogP contribution in [-0.4, -0.2) is 42.2 Å². The normalized spacial score (nSPS) is 9.96. The molecule has 23 heavy (non-hydrogen) atoms. The first kappa shape index (κ1) is 16.4. The zero-order valence-electron chi connectivity index (χ0n) is 12.8. The number of aromatic nitrogens is 2. The van der Waals surface area contributed by atoms with E-state index in [-0.39, 0.29) is 12.5 Å². The van der Waals surface area contributed by atoms with Crippen molar-refractivity contribution in [3.05, 3.63) is 48.5 Å². The number of carbonyl (C=O) groups excluding carboxylic acids is 2. The van der Waals surface area contributed by atoms with Crippen molar-refractivity contribution >= 4 is 12.0 Å². The van der Waals surface area contributed by atoms with Crippen LogP contribution in [0.4, 0.5) is 4.79 Å². The van der Waals surface area contributed by atoms with Crippen molar-refractivity contribution in [3.8, 4) is 11.1 Å². The number of ether oxygens (including phenoxy) is 1. The van der Waals surface area contributed by atoms with Gasteiger partial charge >= 0.3 is 6.09 Å². The van der Waals surface area contributed by atoms with E-state index in [2.05, 4.69) is 20.6 Å². The zero-order chi connectivity index (χ0) is 16.5. The maximum absolute atomic E-state index is 11.3. The molecule has 2 N–H and O–H groups in total. The van der Waals surface area contributed by atoms with Gasteiger partial charge in [0.25, 0.3) is 5.91 Å². The second kappa shape index (κ2) is 8.47. The minimum Gasteiger partial charge on any atom is -0.439 e. The lowest BCUT2D eigenvalue weighted by atomic mass is 10.1. The number of hydrogen-bond donors (Lipinski definition) is 2. The van der Waals surface area contributed by atoms with Crippen LogP contribution in [0.2, 0.25) is 0 Å². The molecule has 0 spiro atoms. The molecule has 1 aromatic heterocycles. The number of hydrogen-bond acceptors (Lipinski definition) is 5. The van der Waals surface area contributed by atoms with Gasteiger partial charge in [-0.05, 0) is 5.56 Å². The summed E-state index contributed by atoms with van der Waals surface area (Å²) in [5.41, 5.74) is 1.99. The Morgan fingerprint density at radius 1 is 1.09 bits per heavy atom. The summed E-state index contributed by atoms with van der Waals surface area (Å²) < 4.78 is 4.71. The van der Waals surface area contributed by atoms with E-state index in [4.69, 9.17) is 4.74 Å². The third-order valence-corrected chi connectivity index (χ3v) is 3.04. The van der Waals surface area contributed by atoms with Gasteiger partial charge in [-0.2, -0.15) is 0 Å². The Balaban J connectivity index is 1.76. The summed E-state index contributed by atoms with van der Waals surface area (Å²) in [5.74, 6) is 0.260. The summed E-state index contributed by atoms with van der Waals surface area (Å²) in [4.78, 5) is 30.8. The SMILES string of the molecule is CNC(=O)COC(=O)NCCc1ncc(-c2ccccc2)cn1. The van der Waals surface area contributed by atoms with Crippen LogP contribution in [0.15, 0.2) is 42.7 Å². The zero-order valence-corrected chi connectivity index (χ0v) is 12.8. The van der Waals surface area contributed by atoms with Gasteiger partial charge in [0, 0.05) is 38.0 Å². The van der Waals surface area contributed by atoms with Crippen LogP contribution in [0.3, 0.4) is 0 Å². The van der Waals surface area contributed by atoms with Crippen LogP contribution in [-0.2, 0) is 16.0 Å². The van der Waals surface area contributed by atoms with Gasteiger partial charge in [0.15, 0.2) is 6.61 Å². The summed E-state index contributed by atoms with van der Waals surface area (Å²) in [6, 6.07) is 9.84. The Morgan fingerprint density at radius 2 is 1.78 bits per heavy atom. The van der Waals surface area contributed by atoms with Gasteiger partial charge in [-0.3, -0.25) is 4.79 Å². The van der Waals surface area contributed by atoms with E-state index in [1.807, 2.05) is 30.3 Å². The van der Waals surface area contributed by atoms with Crippen LogP contribution in [0.25, 0.3) is 11.1 Å². The predicted molar refractivity (Wildman–Crippen MR) is 84.6 cm³/mol. The highest BCUT2D eigenvalue weighted by atomic mass is 16.6. The number of carbonyl (C=O) groups is 2. The molecule has 7 heteroatoms. The van der Waals surface area contributed by atoms with Gasteiger partial charge in [0.2, 0.25) is 0 Å². The van der Waals surface area contributed by atoms with Gasteiger partial charge in [0.05, 0.1) is 0 Å². The van der Waals surface area contributed by atoms with Gasteiger partial charge < -0.3 is 15.4 Å². The fraction of sp³-hybridized carbons (Fsp3) is 0.250. The van der Waals surface area contributed by atoms with Gasteiger partial charge in [-0.1, -0.05) is 30.3 Å². The van der Waals surface area contributed by atoms with Crippen molar-refractivity contribution < 1.29 is 14.3 Å². The van der Waals surface area contributed by atoms with E-state index in [0.29, 0.717) is 18.8 Å². The van der Waals surface area contributed by atoms with Gasteiger partial charge in [-0.15, -0.1) is 0 Å². The molecule has 7 nitrogen and oxygen atoms in total. The lowest BCUT2D eigenvalue weighted by Gasteiger charge is -2.06. The molecule has 0 atom stereocenters. The van der Waals surface area contributed by atoms with Crippen molar-refractivity contribution in [2.75, 3.05) is 20.2 Å². The average molecular weight is 314 g/mol. The van der Waals surface area contributed by atoms with E-state index in [1.165, 1.54) is 7.05 Å². The summed E-state index contributed by atoms with van der Waals surface area (Å²) >= 11 is 0. The Hall–Kier alpha value is -2.96. The minimum absolute atomic E-state index is 0.301. The van der Waals surface area contributed by atoms with E-state index >= 15 is 0 Å². The summed E-state index contributed by atoms with van der Waals surface area (Å²) in [7, 11) is 1.47. The maximum Gasteiger partial charge on any atom is 0.407 e. The minimum atomic E-state index is -0.644. The first-order valence-electron chi connectivity index (χ1n) is 7.16. The molecular formula is C16H18N4O3. The molecule has 0 aliphatic carbocycles. The first-order chi connectivity index (χ1) is 11.2. The highest BCUT2D eigenvalue weighted by Crippen LogP contribution is 2.16. The van der Waals surface area contributed by atoms with E-state index in [1.54, 1.807) is 12.4 Å². The lowest BCUT2D eigenvalue weighted by molar-refractivity contribution is -0.123. The van der Waals surface area contributed by atoms with Crippen molar-refractivity contribution in [2.24, 2.45) is 0 Å². The van der Waals surface area contributed by atoms with E-state index in [0.717, 1.165) is 11.1 Å². The van der Waals surface area contributed by atoms with E-state index in [9.17, 15) is 9.59 Å². The molecule has 1 heterocycles. The Morgan fingerprint density at radius 3 is 2.43 bits per heavy atom. The molecule has 0 aliphatic heterocycles. The highest BCUT2D eigenvalue weighted by molar-refractivity contribution is 5.79. The highest BCUT2D eigenvalue weighted by Gasteiger charge is 2.06. The van der Waals surface area contributed by atoms with Crippen LogP contribution in [0.1, 0.15) is 5.82 Å². The quantitative estimate of drug-likeness (QED) is 0.834. The summed E-state index contributed by atoms with van der Waals surface area (Å²) in [6.07, 6.45) is 3.34. The largest absolute Gasteiger partial charge is 0.439 e. The molecule has 2 amide bonds. The Kier molecular flexibility index (Phi) is 6.05. The van der Waals surface area contributed by atoms with Crippen LogP contribution < -0.4 is 10.6 Å². The molecule has 0 fully saturated rings. The third-order valence-electron chi connectivity index (χ3n) is 3.04. The monoisotopic (exact) mass is 314 g/mol. The molecule has 0 bridgehead atoms. The van der Waals surface area contributed by atoms with Crippen molar-refractivity contribution in [3.63, 3.8) is 0 Å². The maximum atomic E-state index is 11.3. The number of amides is 2. The molecular weight excluding hydrogens is 296 g/mol. The molecule has 0 saturated carbocycles. The summed E-state index contributed by atoms with van der Waals surface area (Å²) in [5, 5.41) is 4.89. The predicted octanol–water partition coefficient (Wildman–Crippen LogP) is 1.16. The lowest BCUT2D eigenvalue weighted by Crippen LogP contribution is -2.31. The third kappa shape index (κ3) is 5.39. The van der Waals surface area contributed by atoms with Crippen molar-refractivity contribution in [2.45, 2.75) is 6.42 Å². The first-order valence-corrected chi connectivity index (χ1v) is 7.16. The fourth-order valence-corrected chi connectivity index (χ4v) is 1.79. The molecule has 1 aromatic carbocycles. The number of nitrogens with one attached hydrogen (secondary N) is 2. The average Bonchev–Trinajstić information content (AvgIpc) is 2.61. The number of benzene rings is 1. The second-order valence-electron chi connectivity index (χ2n) is 4.68. The molecule has 0 aliphatic rings. The number of alkyl carbamates (subject to hydrolysis) is 1. The smallest absolute Gasteiger partial charge is 0.407 e. The van der Waals surface area contributed by atoms with E-state index < -0.39 is 6.09 Å². The molecule has 0 saturated heterocycles. The van der Waals surface area contributed by atoms with Crippen LogP contribution in [0.5, 0.6) is 0 Å². The van der Waals surface area contributed by atoms with Gasteiger partial charge in [0.1, 0.15) is 5.82 Å². The molecule has 2 rings (SSSR count). The molecule has 2 aromatic rings. The van der Waals surface area contributed by atoms with Gasteiger partial charge in [-0.25, -0.2) is 14.8 Å². The van der Waals surface area contributed by atoms with Crippen molar-refractivity contribution in [1.82, 2.24) is 20.6 Å². The number of likely N-dealkylation sites (N-methyl/N-ethyl adjacent to an activating group) is 1. The second-order valence-corrected chi connectivity index (χ2v) is 4.68.